The number of rotatable bonds is 2. The van der Waals surface area contributed by atoms with E-state index in [2.05, 4.69) is 5.32 Å². The van der Waals surface area contributed by atoms with Crippen molar-refractivity contribution >= 4 is 0 Å². The van der Waals surface area contributed by atoms with Crippen LogP contribution in [0.4, 0.5) is 13.2 Å². The Morgan fingerprint density at radius 3 is 2.47 bits per heavy atom. The quantitative estimate of drug-likeness (QED) is 0.784. The summed E-state index contributed by atoms with van der Waals surface area (Å²) < 4.78 is 39.6. The van der Waals surface area contributed by atoms with Gasteiger partial charge >= 0.3 is 0 Å². The molecule has 1 heterocycles. The summed E-state index contributed by atoms with van der Waals surface area (Å²) in [5.74, 6) is -4.10. The summed E-state index contributed by atoms with van der Waals surface area (Å²) in [7, 11) is 0. The molecule has 0 aromatic heterocycles. The van der Waals surface area contributed by atoms with E-state index in [-0.39, 0.29) is 17.9 Å². The topological polar surface area (TPSA) is 32.3 Å². The lowest BCUT2D eigenvalue weighted by atomic mass is 9.90. The van der Waals surface area contributed by atoms with Crippen LogP contribution >= 0.6 is 0 Å². The normalized spacial score (nSPS) is 17.4. The number of piperidine rings is 1. The first-order valence-electron chi connectivity index (χ1n) is 5.65. The molecule has 2 nitrogen and oxygen atoms in total. The van der Waals surface area contributed by atoms with Crippen LogP contribution in [0.3, 0.4) is 0 Å². The predicted octanol–water partition coefficient (Wildman–Crippen LogP) is 2.35. The summed E-state index contributed by atoms with van der Waals surface area (Å²) in [6.45, 7) is 1.62. The monoisotopic (exact) mass is 245 g/mol. The highest BCUT2D eigenvalue weighted by Crippen LogP contribution is 2.30. The summed E-state index contributed by atoms with van der Waals surface area (Å²) in [4.78, 5) is 0. The highest BCUT2D eigenvalue weighted by molar-refractivity contribution is 5.36. The van der Waals surface area contributed by atoms with Gasteiger partial charge in [0.25, 0.3) is 0 Å². The maximum Gasteiger partial charge on any atom is 0.168 e. The Balaban J connectivity index is 2.24. The van der Waals surface area contributed by atoms with Gasteiger partial charge in [-0.15, -0.1) is 0 Å². The van der Waals surface area contributed by atoms with Crippen LogP contribution in [0.2, 0.25) is 0 Å². The number of phenols is 1. The number of hydrogen-bond donors (Lipinski definition) is 2. The van der Waals surface area contributed by atoms with Crippen molar-refractivity contribution in [1.29, 1.82) is 0 Å². The molecular formula is C12H14F3NO. The molecule has 0 radical (unpaired) electrons. The van der Waals surface area contributed by atoms with Crippen molar-refractivity contribution < 1.29 is 18.3 Å². The van der Waals surface area contributed by atoms with Crippen molar-refractivity contribution in [1.82, 2.24) is 5.32 Å². The molecule has 2 N–H and O–H groups in total. The molecule has 5 heteroatoms. The van der Waals surface area contributed by atoms with Gasteiger partial charge in [0.1, 0.15) is 0 Å². The minimum atomic E-state index is -1.25. The Morgan fingerprint density at radius 2 is 1.82 bits per heavy atom. The first kappa shape index (κ1) is 12.2. The van der Waals surface area contributed by atoms with Gasteiger partial charge in [0.2, 0.25) is 0 Å². The Labute approximate surface area is 97.5 Å². The third-order valence-electron chi connectivity index (χ3n) is 3.19. The minimum Gasteiger partial charge on any atom is -0.505 e. The van der Waals surface area contributed by atoms with Gasteiger partial charge in [-0.05, 0) is 38.3 Å². The molecule has 1 saturated heterocycles. The molecule has 0 spiro atoms. The van der Waals surface area contributed by atoms with E-state index in [0.29, 0.717) is 6.07 Å². The molecule has 1 aromatic carbocycles. The van der Waals surface area contributed by atoms with Crippen LogP contribution in [-0.2, 0) is 6.42 Å². The SMILES string of the molecule is Oc1c(F)cc(F)c(F)c1CC1CCNCC1. The van der Waals surface area contributed by atoms with Gasteiger partial charge in [-0.2, -0.15) is 0 Å². The van der Waals surface area contributed by atoms with Gasteiger partial charge in [0.15, 0.2) is 23.2 Å². The summed E-state index contributed by atoms with van der Waals surface area (Å²) >= 11 is 0. The molecule has 17 heavy (non-hydrogen) atoms. The van der Waals surface area contributed by atoms with Crippen LogP contribution in [0.1, 0.15) is 18.4 Å². The van der Waals surface area contributed by atoms with Crippen LogP contribution < -0.4 is 5.32 Å². The molecular weight excluding hydrogens is 231 g/mol. The predicted molar refractivity (Wildman–Crippen MR) is 57.3 cm³/mol. The number of aromatic hydroxyl groups is 1. The Morgan fingerprint density at radius 1 is 1.18 bits per heavy atom. The third-order valence-corrected chi connectivity index (χ3v) is 3.19. The van der Waals surface area contributed by atoms with E-state index in [4.69, 9.17) is 0 Å². The number of halogens is 3. The molecule has 1 aliphatic rings. The molecule has 0 saturated carbocycles. The molecule has 0 aliphatic carbocycles. The average Bonchev–Trinajstić information content (AvgIpc) is 2.33. The van der Waals surface area contributed by atoms with Gasteiger partial charge in [-0.3, -0.25) is 0 Å². The molecule has 0 bridgehead atoms. The Kier molecular flexibility index (Phi) is 3.57. The van der Waals surface area contributed by atoms with Crippen molar-refractivity contribution in [2.24, 2.45) is 5.92 Å². The van der Waals surface area contributed by atoms with E-state index >= 15 is 0 Å². The van der Waals surface area contributed by atoms with Gasteiger partial charge in [0.05, 0.1) is 0 Å². The number of nitrogens with one attached hydrogen (secondary N) is 1. The zero-order valence-electron chi connectivity index (χ0n) is 9.27. The summed E-state index contributed by atoms with van der Waals surface area (Å²) in [5.41, 5.74) is -0.241. The smallest absolute Gasteiger partial charge is 0.168 e. The van der Waals surface area contributed by atoms with Crippen molar-refractivity contribution in [3.8, 4) is 5.75 Å². The zero-order valence-corrected chi connectivity index (χ0v) is 9.27. The van der Waals surface area contributed by atoms with Crippen LogP contribution in [0, 0.1) is 23.4 Å². The van der Waals surface area contributed by atoms with Gasteiger partial charge in [-0.1, -0.05) is 0 Å². The number of benzene rings is 1. The van der Waals surface area contributed by atoms with Crippen LogP contribution in [0.15, 0.2) is 6.07 Å². The molecule has 1 fully saturated rings. The van der Waals surface area contributed by atoms with Crippen molar-refractivity contribution in [2.75, 3.05) is 13.1 Å². The van der Waals surface area contributed by atoms with Gasteiger partial charge in [-0.25, -0.2) is 13.2 Å². The zero-order chi connectivity index (χ0) is 12.4. The van der Waals surface area contributed by atoms with Crippen LogP contribution in [0.25, 0.3) is 0 Å². The first-order chi connectivity index (χ1) is 8.09. The van der Waals surface area contributed by atoms with E-state index in [0.717, 1.165) is 25.9 Å². The van der Waals surface area contributed by atoms with E-state index in [1.54, 1.807) is 0 Å². The van der Waals surface area contributed by atoms with Crippen LogP contribution in [-0.4, -0.2) is 18.2 Å². The number of hydrogen-bond acceptors (Lipinski definition) is 2. The summed E-state index contributed by atoms with van der Waals surface area (Å²) in [5, 5.41) is 12.6. The van der Waals surface area contributed by atoms with Crippen molar-refractivity contribution in [2.45, 2.75) is 19.3 Å². The maximum absolute atomic E-state index is 13.5. The lowest BCUT2D eigenvalue weighted by Crippen LogP contribution is -2.29. The first-order valence-corrected chi connectivity index (χ1v) is 5.65. The molecule has 0 unspecified atom stereocenters. The fourth-order valence-electron chi connectivity index (χ4n) is 2.20. The largest absolute Gasteiger partial charge is 0.505 e. The van der Waals surface area contributed by atoms with Crippen molar-refractivity contribution in [3.63, 3.8) is 0 Å². The molecule has 1 aliphatic heterocycles. The minimum absolute atomic E-state index is 0.151. The average molecular weight is 245 g/mol. The van der Waals surface area contributed by atoms with E-state index in [1.807, 2.05) is 0 Å². The van der Waals surface area contributed by atoms with Crippen LogP contribution in [0.5, 0.6) is 5.75 Å². The highest BCUT2D eigenvalue weighted by atomic mass is 19.2. The molecule has 1 aromatic rings. The van der Waals surface area contributed by atoms with Gasteiger partial charge < -0.3 is 10.4 Å². The Hall–Kier alpha value is -1.23. The lowest BCUT2D eigenvalue weighted by Gasteiger charge is -2.23. The maximum atomic E-state index is 13.5. The second-order valence-corrected chi connectivity index (χ2v) is 4.38. The van der Waals surface area contributed by atoms with Crippen molar-refractivity contribution in [3.05, 3.63) is 29.1 Å². The lowest BCUT2D eigenvalue weighted by molar-refractivity contribution is 0.349. The third kappa shape index (κ3) is 2.54. The fourth-order valence-corrected chi connectivity index (χ4v) is 2.20. The van der Waals surface area contributed by atoms with E-state index in [1.165, 1.54) is 0 Å². The fraction of sp³-hybridized carbons (Fsp3) is 0.500. The highest BCUT2D eigenvalue weighted by Gasteiger charge is 2.22. The Bertz CT molecular complexity index is 390. The molecule has 94 valence electrons. The standard InChI is InChI=1S/C12H14F3NO/c13-9-6-10(14)12(17)8(11(9)15)5-7-1-3-16-4-2-7/h6-7,16-17H,1-5H2. The second kappa shape index (κ2) is 4.96. The molecule has 0 atom stereocenters. The van der Waals surface area contributed by atoms with E-state index < -0.39 is 23.2 Å². The summed E-state index contributed by atoms with van der Waals surface area (Å²) in [6, 6.07) is 0.372. The van der Waals surface area contributed by atoms with Gasteiger partial charge in [0, 0.05) is 11.6 Å². The van der Waals surface area contributed by atoms with E-state index in [9.17, 15) is 18.3 Å². The molecule has 0 amide bonds. The summed E-state index contributed by atoms with van der Waals surface area (Å²) in [6.07, 6.45) is 1.81. The second-order valence-electron chi connectivity index (χ2n) is 4.38. The molecule has 2 rings (SSSR count). The number of phenolic OH excluding ortho intramolecular Hbond substituents is 1.